The van der Waals surface area contributed by atoms with Gasteiger partial charge in [-0.2, -0.15) is 0 Å². The second-order valence-electron chi connectivity index (χ2n) is 17.0. The smallest absolute Gasteiger partial charge is 0.239 e. The highest BCUT2D eigenvalue weighted by atomic mass is 16.5. The molecule has 0 bridgehead atoms. The number of ether oxygens (including phenoxy) is 1. The molecule has 1 aliphatic rings. The summed E-state index contributed by atoms with van der Waals surface area (Å²) >= 11 is 0. The summed E-state index contributed by atoms with van der Waals surface area (Å²) in [6, 6.07) is 0. The topological polar surface area (TPSA) is 60.4 Å². The maximum atomic E-state index is 12.6. The number of carbonyl (C=O) groups is 3. The van der Waals surface area contributed by atoms with E-state index in [-0.39, 0.29) is 5.57 Å². The third kappa shape index (κ3) is 23.4. The summed E-state index contributed by atoms with van der Waals surface area (Å²) in [5.74, 6) is -1.77. The maximum absolute atomic E-state index is 12.6. The van der Waals surface area contributed by atoms with Crippen LogP contribution in [0.3, 0.4) is 0 Å². The van der Waals surface area contributed by atoms with E-state index in [1.807, 2.05) is 13.0 Å². The zero-order valence-electron chi connectivity index (χ0n) is 38.4. The van der Waals surface area contributed by atoms with E-state index in [9.17, 15) is 14.4 Å². The van der Waals surface area contributed by atoms with Gasteiger partial charge in [0.25, 0.3) is 0 Å². The lowest BCUT2D eigenvalue weighted by atomic mass is 9.85. The minimum Gasteiger partial charge on any atom is -0.365 e. The molecule has 1 atom stereocenters. The first kappa shape index (κ1) is 51.4. The Morgan fingerprint density at radius 2 is 0.684 bits per heavy atom. The molecule has 0 N–H and O–H groups in total. The van der Waals surface area contributed by atoms with Crippen LogP contribution in [0.25, 0.3) is 0 Å². The summed E-state index contributed by atoms with van der Waals surface area (Å²) in [7, 11) is 1.29. The second-order valence-corrected chi connectivity index (χ2v) is 17.0. The molecule has 0 saturated carbocycles. The monoisotopic (exact) mass is 781 g/mol. The van der Waals surface area contributed by atoms with E-state index in [2.05, 4.69) is 111 Å². The van der Waals surface area contributed by atoms with Gasteiger partial charge in [-0.1, -0.05) is 105 Å². The summed E-state index contributed by atoms with van der Waals surface area (Å²) in [5.41, 5.74) is 13.6. The van der Waals surface area contributed by atoms with Crippen molar-refractivity contribution in [1.82, 2.24) is 0 Å². The van der Waals surface area contributed by atoms with Crippen LogP contribution in [-0.4, -0.2) is 30.6 Å². The molecule has 4 nitrogen and oxygen atoms in total. The molecule has 0 amide bonds. The first-order chi connectivity index (χ1) is 27.0. The Bertz CT molecular complexity index is 1630. The van der Waals surface area contributed by atoms with E-state index < -0.39 is 23.5 Å². The van der Waals surface area contributed by atoms with Crippen molar-refractivity contribution in [2.24, 2.45) is 0 Å². The van der Waals surface area contributed by atoms with E-state index >= 15 is 0 Å². The van der Waals surface area contributed by atoms with E-state index in [1.165, 1.54) is 64.5 Å². The molecule has 0 radical (unpaired) electrons. The first-order valence-corrected chi connectivity index (χ1v) is 21.8. The molecule has 0 aromatic rings. The van der Waals surface area contributed by atoms with Crippen molar-refractivity contribution in [3.8, 4) is 0 Å². The Balaban J connectivity index is 2.31. The van der Waals surface area contributed by atoms with E-state index in [4.69, 9.17) is 4.74 Å². The van der Waals surface area contributed by atoms with Gasteiger partial charge in [-0.3, -0.25) is 14.4 Å². The van der Waals surface area contributed by atoms with Gasteiger partial charge in [-0.25, -0.2) is 0 Å². The number of hydrogen-bond acceptors (Lipinski definition) is 4. The summed E-state index contributed by atoms with van der Waals surface area (Å²) in [6.07, 6.45) is 37.9. The Hall–Kier alpha value is -3.63. The lowest BCUT2D eigenvalue weighted by Gasteiger charge is -2.21. The third-order valence-electron chi connectivity index (χ3n) is 11.0. The van der Waals surface area contributed by atoms with Gasteiger partial charge in [0.05, 0.1) is 0 Å². The Morgan fingerprint density at radius 1 is 0.421 bits per heavy atom. The summed E-state index contributed by atoms with van der Waals surface area (Å²) in [4.78, 5) is 36.9. The van der Waals surface area contributed by atoms with Crippen molar-refractivity contribution in [3.05, 3.63) is 116 Å². The third-order valence-corrected chi connectivity index (χ3v) is 11.0. The molecule has 0 aromatic carbocycles. The molecule has 1 rings (SSSR count). The van der Waals surface area contributed by atoms with Crippen molar-refractivity contribution in [1.29, 1.82) is 0 Å². The van der Waals surface area contributed by atoms with E-state index in [0.29, 0.717) is 12.0 Å². The van der Waals surface area contributed by atoms with Crippen molar-refractivity contribution in [2.75, 3.05) is 7.11 Å². The zero-order valence-corrected chi connectivity index (χ0v) is 38.4. The highest BCUT2D eigenvalue weighted by Crippen LogP contribution is 2.24. The first-order valence-electron chi connectivity index (χ1n) is 21.8. The predicted octanol–water partition coefficient (Wildman–Crippen LogP) is 15.2. The SMILES string of the molecule is COC1C(=O)C(=O)C(C)=C(CC=C(C)CCC=C(C)CCC=C(C)CCC=C(C)CCC=C(C)CCC=C(C)CCC=C(C)CCC=C(C)CCC=C(C)C)C1=O. The van der Waals surface area contributed by atoms with Crippen LogP contribution in [0.15, 0.2) is 116 Å². The largest absolute Gasteiger partial charge is 0.365 e. The van der Waals surface area contributed by atoms with Crippen LogP contribution in [0.2, 0.25) is 0 Å². The fourth-order valence-electron chi connectivity index (χ4n) is 6.88. The standard InChI is InChI=1S/C53H80O4/c1-39(2)21-13-22-40(3)23-14-24-41(4)25-15-26-42(5)27-16-28-43(6)29-17-30-44(7)31-18-32-45(8)33-19-34-46(9)35-20-36-47(10)37-38-49-48(11)50(54)52(56)53(57-12)51(49)55/h21,23,25,27,29,31,33,35,37,53H,13-20,22,24,26,28,30,32,34,36,38H2,1-12H3. The number of allylic oxidation sites excluding steroid dienone is 19. The lowest BCUT2D eigenvalue weighted by Crippen LogP contribution is -2.43. The van der Waals surface area contributed by atoms with E-state index in [0.717, 1.165) is 95.5 Å². The maximum Gasteiger partial charge on any atom is 0.239 e. The fourth-order valence-corrected chi connectivity index (χ4v) is 6.88. The highest BCUT2D eigenvalue weighted by molar-refractivity contribution is 6.52. The normalized spacial score (nSPS) is 17.3. The zero-order chi connectivity index (χ0) is 42.8. The molecule has 0 aromatic heterocycles. The van der Waals surface area contributed by atoms with Crippen LogP contribution in [0.4, 0.5) is 0 Å². The van der Waals surface area contributed by atoms with E-state index in [1.54, 1.807) is 6.92 Å². The van der Waals surface area contributed by atoms with Crippen molar-refractivity contribution >= 4 is 17.3 Å². The molecule has 0 aliphatic heterocycles. The number of rotatable bonds is 27. The molecule has 0 spiro atoms. The van der Waals surface area contributed by atoms with Gasteiger partial charge in [-0.15, -0.1) is 0 Å². The molecular weight excluding hydrogens is 701 g/mol. The average Bonchev–Trinajstić information content (AvgIpc) is 3.14. The number of hydrogen-bond donors (Lipinski definition) is 0. The van der Waals surface area contributed by atoms with Crippen LogP contribution >= 0.6 is 0 Å². The van der Waals surface area contributed by atoms with Gasteiger partial charge < -0.3 is 4.74 Å². The molecule has 4 heteroatoms. The molecule has 0 heterocycles. The number of methoxy groups -OCH3 is 1. The molecule has 316 valence electrons. The Labute approximate surface area is 349 Å². The second kappa shape index (κ2) is 29.6. The fraction of sp³-hybridized carbons (Fsp3) is 0.566. The van der Waals surface area contributed by atoms with Gasteiger partial charge in [0, 0.05) is 18.3 Å². The lowest BCUT2D eigenvalue weighted by molar-refractivity contribution is -0.147. The van der Waals surface area contributed by atoms with Crippen molar-refractivity contribution in [3.63, 3.8) is 0 Å². The van der Waals surface area contributed by atoms with Gasteiger partial charge in [0.1, 0.15) is 0 Å². The van der Waals surface area contributed by atoms with Crippen LogP contribution in [-0.2, 0) is 19.1 Å². The van der Waals surface area contributed by atoms with Crippen LogP contribution in [0.5, 0.6) is 0 Å². The van der Waals surface area contributed by atoms with Gasteiger partial charge in [-0.05, 0) is 185 Å². The Morgan fingerprint density at radius 3 is 0.947 bits per heavy atom. The molecule has 0 fully saturated rings. The van der Waals surface area contributed by atoms with Gasteiger partial charge >= 0.3 is 0 Å². The molecule has 57 heavy (non-hydrogen) atoms. The molecular formula is C53H80O4. The average molecular weight is 781 g/mol. The van der Waals surface area contributed by atoms with Gasteiger partial charge in [0.15, 0.2) is 11.9 Å². The quantitative estimate of drug-likeness (QED) is 0.0473. The minimum absolute atomic E-state index is 0.247. The number of ketones is 3. The minimum atomic E-state index is -1.30. The van der Waals surface area contributed by atoms with Crippen LogP contribution in [0.1, 0.15) is 185 Å². The predicted molar refractivity (Wildman–Crippen MR) is 246 cm³/mol. The Kier molecular flexibility index (Phi) is 26.7. The van der Waals surface area contributed by atoms with Crippen LogP contribution in [0, 0.1) is 0 Å². The van der Waals surface area contributed by atoms with Crippen molar-refractivity contribution in [2.45, 2.75) is 191 Å². The molecule has 1 aliphatic carbocycles. The molecule has 1 unspecified atom stereocenters. The number of carbonyl (C=O) groups excluding carboxylic acids is 3. The number of Topliss-reactive ketones (excluding diaryl/α,β-unsaturated/α-hetero) is 3. The summed E-state index contributed by atoms with van der Waals surface area (Å²) < 4.78 is 5.00. The molecule has 0 saturated heterocycles. The highest BCUT2D eigenvalue weighted by Gasteiger charge is 2.40. The summed E-state index contributed by atoms with van der Waals surface area (Å²) in [6.45, 7) is 23.8. The van der Waals surface area contributed by atoms with Crippen LogP contribution < -0.4 is 0 Å². The summed E-state index contributed by atoms with van der Waals surface area (Å²) in [5, 5.41) is 0. The van der Waals surface area contributed by atoms with Gasteiger partial charge in [0.2, 0.25) is 11.6 Å². The van der Waals surface area contributed by atoms with Crippen molar-refractivity contribution < 1.29 is 19.1 Å².